The number of carbonyl (C=O) groups excluding carboxylic acids is 1. The molecule has 0 aromatic carbocycles. The molecule has 0 saturated heterocycles. The summed E-state index contributed by atoms with van der Waals surface area (Å²) in [6, 6.07) is 0. The summed E-state index contributed by atoms with van der Waals surface area (Å²) >= 11 is 0. The third-order valence-electron chi connectivity index (χ3n) is 6.60. The number of allylic oxidation sites excluding steroid dienone is 4. The van der Waals surface area contributed by atoms with Crippen molar-refractivity contribution in [2.24, 2.45) is 4.99 Å². The Kier molecular flexibility index (Phi) is 6.68. The number of H-pyrrole nitrogens is 1. The van der Waals surface area contributed by atoms with Gasteiger partial charge in [0.25, 0.3) is 5.91 Å². The molecule has 2 N–H and O–H groups in total. The minimum atomic E-state index is -0.194. The maximum absolute atomic E-state index is 12.9. The number of hydrogen-bond donors (Lipinski definition) is 2. The summed E-state index contributed by atoms with van der Waals surface area (Å²) in [6.07, 6.45) is 22.0. The van der Waals surface area contributed by atoms with Crippen LogP contribution in [0.5, 0.6) is 5.88 Å². The number of aromatic hydroxyl groups is 1. The highest BCUT2D eigenvalue weighted by Gasteiger charge is 2.34. The van der Waals surface area contributed by atoms with Gasteiger partial charge in [-0.1, -0.05) is 57.1 Å². The number of nitrogens with zero attached hydrogens (tertiary/aromatic N) is 1. The number of aromatic amines is 1. The van der Waals surface area contributed by atoms with Crippen molar-refractivity contribution >= 4 is 17.2 Å². The molecule has 4 rings (SSSR count). The van der Waals surface area contributed by atoms with Gasteiger partial charge in [-0.05, 0) is 62.5 Å². The van der Waals surface area contributed by atoms with E-state index in [1.165, 1.54) is 63.4 Å². The highest BCUT2D eigenvalue weighted by Crippen LogP contribution is 2.39. The molecule has 0 fully saturated rings. The normalized spacial score (nSPS) is 21.9. The first-order valence-corrected chi connectivity index (χ1v) is 11.7. The van der Waals surface area contributed by atoms with Gasteiger partial charge in [-0.15, -0.1) is 0 Å². The Bertz CT molecular complexity index is 841. The average molecular weight is 395 g/mol. The molecule has 4 nitrogen and oxygen atoms in total. The second-order valence-corrected chi connectivity index (χ2v) is 8.79. The molecule has 0 saturated carbocycles. The van der Waals surface area contributed by atoms with E-state index in [1.807, 2.05) is 0 Å². The lowest BCUT2D eigenvalue weighted by Gasteiger charge is -2.10. The fourth-order valence-corrected chi connectivity index (χ4v) is 4.97. The SMILES string of the molecule is O=C1N=C(C2=CCCCCCCC2)c2c(O)[nH]c(C3=CCCCCCCCC3)c21. The number of aliphatic imine (C=N–C) groups is 1. The monoisotopic (exact) mass is 394 g/mol. The summed E-state index contributed by atoms with van der Waals surface area (Å²) in [5, 5.41) is 10.8. The van der Waals surface area contributed by atoms with Crippen LogP contribution in [-0.4, -0.2) is 21.7 Å². The lowest BCUT2D eigenvalue weighted by atomic mass is 9.94. The second-order valence-electron chi connectivity index (χ2n) is 8.79. The zero-order valence-electron chi connectivity index (χ0n) is 17.6. The molecule has 0 unspecified atom stereocenters. The number of rotatable bonds is 2. The molecular formula is C25H34N2O2. The van der Waals surface area contributed by atoms with E-state index in [1.54, 1.807) is 0 Å². The van der Waals surface area contributed by atoms with Crippen LogP contribution in [0.1, 0.15) is 118 Å². The van der Waals surface area contributed by atoms with E-state index in [4.69, 9.17) is 0 Å². The van der Waals surface area contributed by atoms with E-state index in [2.05, 4.69) is 22.1 Å². The predicted octanol–water partition coefficient (Wildman–Crippen LogP) is 6.85. The summed E-state index contributed by atoms with van der Waals surface area (Å²) in [4.78, 5) is 20.5. The van der Waals surface area contributed by atoms with E-state index >= 15 is 0 Å². The van der Waals surface area contributed by atoms with Crippen molar-refractivity contribution in [3.63, 3.8) is 0 Å². The Morgan fingerprint density at radius 1 is 0.724 bits per heavy atom. The predicted molar refractivity (Wildman–Crippen MR) is 119 cm³/mol. The van der Waals surface area contributed by atoms with Crippen LogP contribution in [0.3, 0.4) is 0 Å². The van der Waals surface area contributed by atoms with Gasteiger partial charge in [0.15, 0.2) is 5.88 Å². The average Bonchev–Trinajstić information content (AvgIpc) is 3.28. The second kappa shape index (κ2) is 9.60. The number of aromatic nitrogens is 1. The van der Waals surface area contributed by atoms with Crippen LogP contribution in [-0.2, 0) is 0 Å². The number of fused-ring (bicyclic) bond motifs is 1. The number of carbonyl (C=O) groups is 1. The zero-order chi connectivity index (χ0) is 20.1. The van der Waals surface area contributed by atoms with E-state index in [9.17, 15) is 9.90 Å². The first-order chi connectivity index (χ1) is 14.3. The van der Waals surface area contributed by atoms with Crippen molar-refractivity contribution in [2.45, 2.75) is 96.3 Å². The first kappa shape index (κ1) is 20.2. The molecular weight excluding hydrogens is 360 g/mol. The highest BCUT2D eigenvalue weighted by atomic mass is 16.3. The molecule has 2 heterocycles. The lowest BCUT2D eigenvalue weighted by Crippen LogP contribution is -2.03. The molecule has 4 heteroatoms. The molecule has 1 amide bonds. The van der Waals surface area contributed by atoms with Gasteiger partial charge in [-0.25, -0.2) is 4.99 Å². The van der Waals surface area contributed by atoms with Crippen molar-refractivity contribution in [1.82, 2.24) is 4.98 Å². The maximum Gasteiger partial charge on any atom is 0.280 e. The van der Waals surface area contributed by atoms with Crippen molar-refractivity contribution < 1.29 is 9.90 Å². The Morgan fingerprint density at radius 2 is 1.28 bits per heavy atom. The zero-order valence-corrected chi connectivity index (χ0v) is 17.6. The van der Waals surface area contributed by atoms with Crippen LogP contribution < -0.4 is 0 Å². The Balaban J connectivity index is 1.66. The van der Waals surface area contributed by atoms with Crippen LogP contribution in [0.4, 0.5) is 0 Å². The molecule has 2 aliphatic carbocycles. The minimum Gasteiger partial charge on any atom is -0.494 e. The van der Waals surface area contributed by atoms with Gasteiger partial charge in [-0.3, -0.25) is 4.79 Å². The maximum atomic E-state index is 12.9. The topological polar surface area (TPSA) is 65.4 Å². The summed E-state index contributed by atoms with van der Waals surface area (Å²) in [5.74, 6) is -0.0846. The largest absolute Gasteiger partial charge is 0.494 e. The lowest BCUT2D eigenvalue weighted by molar-refractivity contribution is 0.101. The van der Waals surface area contributed by atoms with Gasteiger partial charge in [0.05, 0.1) is 22.5 Å². The minimum absolute atomic E-state index is 0.110. The third kappa shape index (κ3) is 4.57. The van der Waals surface area contributed by atoms with Crippen molar-refractivity contribution in [3.05, 3.63) is 34.5 Å². The molecule has 156 valence electrons. The molecule has 1 aromatic heterocycles. The van der Waals surface area contributed by atoms with Gasteiger partial charge in [0.2, 0.25) is 0 Å². The third-order valence-corrected chi connectivity index (χ3v) is 6.60. The van der Waals surface area contributed by atoms with Crippen LogP contribution in [0.15, 0.2) is 22.7 Å². The fourth-order valence-electron chi connectivity index (χ4n) is 4.97. The standard InChI is InChI=1S/C25H34N2O2/c28-24-20-21(23(27-24)19-16-12-8-4-5-9-13-17-19)25(29)26-22(20)18-14-10-6-2-1-3-7-11-15-18/h14,16,26,29H,1-13,15,17H2. The molecule has 1 aromatic rings. The van der Waals surface area contributed by atoms with Crippen LogP contribution in [0.2, 0.25) is 0 Å². The molecule has 0 atom stereocenters. The highest BCUT2D eigenvalue weighted by molar-refractivity contribution is 6.29. The molecule has 0 spiro atoms. The Hall–Kier alpha value is -2.10. The molecule has 0 bridgehead atoms. The van der Waals surface area contributed by atoms with E-state index in [0.29, 0.717) is 16.8 Å². The molecule has 3 aliphatic rings. The number of amides is 1. The van der Waals surface area contributed by atoms with E-state index in [-0.39, 0.29) is 11.8 Å². The van der Waals surface area contributed by atoms with Gasteiger partial charge in [0, 0.05) is 0 Å². The van der Waals surface area contributed by atoms with Crippen molar-refractivity contribution in [2.75, 3.05) is 0 Å². The summed E-state index contributed by atoms with van der Waals surface area (Å²) < 4.78 is 0. The first-order valence-electron chi connectivity index (χ1n) is 11.7. The van der Waals surface area contributed by atoms with Crippen LogP contribution >= 0.6 is 0 Å². The molecule has 29 heavy (non-hydrogen) atoms. The van der Waals surface area contributed by atoms with Crippen LogP contribution in [0.25, 0.3) is 5.57 Å². The van der Waals surface area contributed by atoms with E-state index < -0.39 is 0 Å². The fraction of sp³-hybridized carbons (Fsp3) is 0.600. The summed E-state index contributed by atoms with van der Waals surface area (Å²) in [7, 11) is 0. The molecule has 1 aliphatic heterocycles. The number of hydrogen-bond acceptors (Lipinski definition) is 2. The Morgan fingerprint density at radius 3 is 1.97 bits per heavy atom. The Labute approximate surface area is 174 Å². The van der Waals surface area contributed by atoms with Gasteiger partial charge >= 0.3 is 0 Å². The van der Waals surface area contributed by atoms with Crippen molar-refractivity contribution in [1.29, 1.82) is 0 Å². The summed E-state index contributed by atoms with van der Waals surface area (Å²) in [6.45, 7) is 0. The van der Waals surface area contributed by atoms with E-state index in [0.717, 1.165) is 49.8 Å². The quantitative estimate of drug-likeness (QED) is 0.576. The smallest absolute Gasteiger partial charge is 0.280 e. The van der Waals surface area contributed by atoms with Crippen LogP contribution in [0, 0.1) is 0 Å². The van der Waals surface area contributed by atoms with Crippen molar-refractivity contribution in [3.8, 4) is 5.88 Å². The van der Waals surface area contributed by atoms with Gasteiger partial charge < -0.3 is 10.1 Å². The molecule has 0 radical (unpaired) electrons. The van der Waals surface area contributed by atoms with Gasteiger partial charge in [-0.2, -0.15) is 0 Å². The number of nitrogens with one attached hydrogen (secondary N) is 1. The van der Waals surface area contributed by atoms with Gasteiger partial charge in [0.1, 0.15) is 0 Å². The summed E-state index contributed by atoms with van der Waals surface area (Å²) in [5.41, 5.74) is 5.09.